The molecule has 0 saturated heterocycles. The third-order valence-electron chi connectivity index (χ3n) is 4.25. The Bertz CT molecular complexity index is 1020. The first-order valence-corrected chi connectivity index (χ1v) is 9.70. The number of rotatable bonds is 8. The Morgan fingerprint density at radius 1 is 1.03 bits per heavy atom. The molecule has 2 amide bonds. The third-order valence-corrected chi connectivity index (χ3v) is 4.25. The number of hydrogen-bond donors (Lipinski definition) is 2. The highest BCUT2D eigenvalue weighted by atomic mass is 16.5. The zero-order valence-electron chi connectivity index (χ0n) is 17.5. The first kappa shape index (κ1) is 21.7. The molecule has 2 aromatic carbocycles. The average Bonchev–Trinajstić information content (AvgIpc) is 3.24. The van der Waals surface area contributed by atoms with Crippen molar-refractivity contribution in [3.63, 3.8) is 0 Å². The van der Waals surface area contributed by atoms with Crippen molar-refractivity contribution in [1.29, 1.82) is 0 Å². The number of nitrogens with one attached hydrogen (secondary N) is 2. The van der Waals surface area contributed by atoms with Crippen molar-refractivity contribution < 1.29 is 23.8 Å². The maximum absolute atomic E-state index is 12.5. The number of aromatic nitrogens is 2. The van der Waals surface area contributed by atoms with E-state index in [-0.39, 0.29) is 11.4 Å². The lowest BCUT2D eigenvalue weighted by atomic mass is 10.3. The van der Waals surface area contributed by atoms with Crippen LogP contribution in [0.15, 0.2) is 60.8 Å². The Kier molecular flexibility index (Phi) is 7.10. The minimum Gasteiger partial charge on any atom is -0.494 e. The number of carbonyl (C=O) groups excluding carboxylic acids is 2. The van der Waals surface area contributed by atoms with Gasteiger partial charge in [-0.3, -0.25) is 20.4 Å². The summed E-state index contributed by atoms with van der Waals surface area (Å²) >= 11 is 0. The van der Waals surface area contributed by atoms with Crippen LogP contribution in [0.3, 0.4) is 0 Å². The topological polar surface area (TPSA) is 104 Å². The van der Waals surface area contributed by atoms with E-state index < -0.39 is 17.9 Å². The first-order chi connectivity index (χ1) is 15.0. The van der Waals surface area contributed by atoms with Crippen molar-refractivity contribution in [3.8, 4) is 22.9 Å². The minimum absolute atomic E-state index is 0.0340. The fourth-order valence-electron chi connectivity index (χ4n) is 2.70. The molecule has 1 unspecified atom stereocenters. The highest BCUT2D eigenvalue weighted by Crippen LogP contribution is 2.20. The van der Waals surface area contributed by atoms with Crippen LogP contribution in [0.1, 0.15) is 24.3 Å². The summed E-state index contributed by atoms with van der Waals surface area (Å²) in [6.07, 6.45) is 0.742. The van der Waals surface area contributed by atoms with E-state index in [0.29, 0.717) is 18.1 Å². The van der Waals surface area contributed by atoms with Crippen molar-refractivity contribution in [1.82, 2.24) is 20.6 Å². The SMILES string of the molecule is CCOc1ccc(OC(C)C(=O)NNC(=O)c2nn(-c3ccccc3)cc2OC)cc1. The van der Waals surface area contributed by atoms with Crippen molar-refractivity contribution in [2.75, 3.05) is 13.7 Å². The maximum atomic E-state index is 12.5. The fraction of sp³-hybridized carbons (Fsp3) is 0.227. The molecule has 2 N–H and O–H groups in total. The summed E-state index contributed by atoms with van der Waals surface area (Å²) in [7, 11) is 1.44. The lowest BCUT2D eigenvalue weighted by Crippen LogP contribution is -2.47. The van der Waals surface area contributed by atoms with E-state index in [4.69, 9.17) is 14.2 Å². The quantitative estimate of drug-likeness (QED) is 0.539. The number of amides is 2. The molecule has 3 aromatic rings. The number of hydrazine groups is 1. The molecule has 0 aliphatic rings. The van der Waals surface area contributed by atoms with Gasteiger partial charge in [-0.2, -0.15) is 5.10 Å². The van der Waals surface area contributed by atoms with Gasteiger partial charge in [-0.1, -0.05) is 18.2 Å². The minimum atomic E-state index is -0.845. The van der Waals surface area contributed by atoms with Gasteiger partial charge in [0.15, 0.2) is 17.5 Å². The molecule has 9 heteroatoms. The predicted molar refractivity (Wildman–Crippen MR) is 113 cm³/mol. The Morgan fingerprint density at radius 2 is 1.71 bits per heavy atom. The van der Waals surface area contributed by atoms with Gasteiger partial charge in [-0.15, -0.1) is 0 Å². The Labute approximate surface area is 179 Å². The van der Waals surface area contributed by atoms with E-state index in [1.807, 2.05) is 37.3 Å². The smallest absolute Gasteiger partial charge is 0.294 e. The van der Waals surface area contributed by atoms with Gasteiger partial charge < -0.3 is 14.2 Å². The van der Waals surface area contributed by atoms with Gasteiger partial charge in [0.25, 0.3) is 11.8 Å². The summed E-state index contributed by atoms with van der Waals surface area (Å²) < 4.78 is 17.7. The van der Waals surface area contributed by atoms with Crippen molar-refractivity contribution in [3.05, 3.63) is 66.5 Å². The van der Waals surface area contributed by atoms with E-state index in [9.17, 15) is 9.59 Å². The second-order valence-corrected chi connectivity index (χ2v) is 6.43. The van der Waals surface area contributed by atoms with Gasteiger partial charge in [0.1, 0.15) is 11.5 Å². The molecule has 1 aromatic heterocycles. The molecule has 31 heavy (non-hydrogen) atoms. The van der Waals surface area contributed by atoms with Gasteiger partial charge in [0, 0.05) is 0 Å². The largest absolute Gasteiger partial charge is 0.494 e. The molecule has 1 heterocycles. The summed E-state index contributed by atoms with van der Waals surface area (Å²) in [6, 6.07) is 16.2. The lowest BCUT2D eigenvalue weighted by Gasteiger charge is -2.15. The van der Waals surface area contributed by atoms with Gasteiger partial charge in [0.2, 0.25) is 0 Å². The Hall–Kier alpha value is -4.01. The van der Waals surface area contributed by atoms with E-state index >= 15 is 0 Å². The van der Waals surface area contributed by atoms with Crippen LogP contribution in [0.2, 0.25) is 0 Å². The van der Waals surface area contributed by atoms with Crippen LogP contribution >= 0.6 is 0 Å². The summed E-state index contributed by atoms with van der Waals surface area (Å²) in [4.78, 5) is 24.8. The number of carbonyl (C=O) groups is 2. The van der Waals surface area contributed by atoms with Gasteiger partial charge in [-0.05, 0) is 50.2 Å². The molecule has 3 rings (SSSR count). The van der Waals surface area contributed by atoms with Crippen molar-refractivity contribution >= 4 is 11.8 Å². The zero-order chi connectivity index (χ0) is 22.2. The number of nitrogens with zero attached hydrogens (tertiary/aromatic N) is 2. The van der Waals surface area contributed by atoms with Crippen LogP contribution in [-0.2, 0) is 4.79 Å². The molecule has 0 bridgehead atoms. The summed E-state index contributed by atoms with van der Waals surface area (Å²) in [5, 5.41) is 4.25. The van der Waals surface area contributed by atoms with Crippen LogP contribution in [0.5, 0.6) is 17.2 Å². The molecule has 1 atom stereocenters. The van der Waals surface area contributed by atoms with Crippen LogP contribution in [0.25, 0.3) is 5.69 Å². The molecule has 0 aliphatic carbocycles. The van der Waals surface area contributed by atoms with Crippen molar-refractivity contribution in [2.24, 2.45) is 0 Å². The molecule has 9 nitrogen and oxygen atoms in total. The van der Waals surface area contributed by atoms with E-state index in [2.05, 4.69) is 16.0 Å². The van der Waals surface area contributed by atoms with Gasteiger partial charge in [-0.25, -0.2) is 4.68 Å². The van der Waals surface area contributed by atoms with Crippen LogP contribution < -0.4 is 25.1 Å². The van der Waals surface area contributed by atoms with E-state index in [1.165, 1.54) is 11.8 Å². The van der Waals surface area contributed by atoms with E-state index in [1.54, 1.807) is 37.4 Å². The Balaban J connectivity index is 1.58. The summed E-state index contributed by atoms with van der Waals surface area (Å²) in [6.45, 7) is 4.03. The van der Waals surface area contributed by atoms with Crippen LogP contribution in [0, 0.1) is 0 Å². The molecule has 0 fully saturated rings. The highest BCUT2D eigenvalue weighted by molar-refractivity contribution is 5.96. The lowest BCUT2D eigenvalue weighted by molar-refractivity contribution is -0.128. The zero-order valence-corrected chi connectivity index (χ0v) is 17.5. The van der Waals surface area contributed by atoms with E-state index in [0.717, 1.165) is 5.69 Å². The normalized spacial score (nSPS) is 11.3. The molecule has 0 spiro atoms. The molecular formula is C22H24N4O5. The average molecular weight is 424 g/mol. The Morgan fingerprint density at radius 3 is 2.35 bits per heavy atom. The van der Waals surface area contributed by atoms with Gasteiger partial charge >= 0.3 is 0 Å². The second-order valence-electron chi connectivity index (χ2n) is 6.43. The highest BCUT2D eigenvalue weighted by Gasteiger charge is 2.21. The van der Waals surface area contributed by atoms with Crippen LogP contribution in [0.4, 0.5) is 0 Å². The summed E-state index contributed by atoms with van der Waals surface area (Å²) in [5.74, 6) is 0.343. The first-order valence-electron chi connectivity index (χ1n) is 9.70. The molecule has 0 radical (unpaired) electrons. The molecule has 0 saturated carbocycles. The maximum Gasteiger partial charge on any atom is 0.294 e. The number of methoxy groups -OCH3 is 1. The molecular weight excluding hydrogens is 400 g/mol. The predicted octanol–water partition coefficient (Wildman–Crippen LogP) is 2.51. The molecule has 0 aliphatic heterocycles. The molecule has 162 valence electrons. The number of hydrogen-bond acceptors (Lipinski definition) is 6. The monoisotopic (exact) mass is 424 g/mol. The summed E-state index contributed by atoms with van der Waals surface area (Å²) in [5.41, 5.74) is 5.48. The second kappa shape index (κ2) is 10.1. The number of ether oxygens (including phenoxy) is 3. The van der Waals surface area contributed by atoms with Crippen molar-refractivity contribution in [2.45, 2.75) is 20.0 Å². The number of benzene rings is 2. The third kappa shape index (κ3) is 5.53. The number of para-hydroxylation sites is 1. The fourth-order valence-corrected chi connectivity index (χ4v) is 2.70. The van der Waals surface area contributed by atoms with Crippen LogP contribution in [-0.4, -0.2) is 41.4 Å². The van der Waals surface area contributed by atoms with Gasteiger partial charge in [0.05, 0.1) is 25.6 Å². The standard InChI is InChI=1S/C22H24N4O5/c1-4-30-17-10-12-18(13-11-17)31-15(2)21(27)23-24-22(28)20-19(29-3)14-26(25-20)16-8-6-5-7-9-16/h5-15H,4H2,1-3H3,(H,23,27)(H,24,28).